The van der Waals surface area contributed by atoms with Crippen LogP contribution in [-0.2, 0) is 5.41 Å². The smallest absolute Gasteiger partial charge is 0.119 e. The van der Waals surface area contributed by atoms with Crippen molar-refractivity contribution in [2.24, 2.45) is 0 Å². The first-order valence-electron chi connectivity index (χ1n) is 8.03. The predicted molar refractivity (Wildman–Crippen MR) is 100 cm³/mol. The third-order valence-corrected chi connectivity index (χ3v) is 4.30. The molecule has 0 bridgehead atoms. The quantitative estimate of drug-likeness (QED) is 0.792. The molecule has 0 saturated carbocycles. The van der Waals surface area contributed by atoms with Gasteiger partial charge in [-0.05, 0) is 41.8 Å². The molecule has 2 rings (SSSR count). The van der Waals surface area contributed by atoms with E-state index >= 15 is 0 Å². The van der Waals surface area contributed by atoms with E-state index in [1.807, 2.05) is 31.2 Å². The molecule has 0 radical (unpaired) electrons. The van der Waals surface area contributed by atoms with Crippen molar-refractivity contribution in [2.45, 2.75) is 46.1 Å². The Labute approximate surface area is 146 Å². The summed E-state index contributed by atoms with van der Waals surface area (Å²) in [5.41, 5.74) is 2.34. The normalized spacial score (nSPS) is 12.2. The molecule has 2 aromatic carbocycles. The van der Waals surface area contributed by atoms with Crippen molar-refractivity contribution in [1.82, 2.24) is 0 Å². The van der Waals surface area contributed by atoms with Crippen LogP contribution in [0.3, 0.4) is 0 Å². The largest absolute Gasteiger partial charge is 0.497 e. The highest BCUT2D eigenvalue weighted by molar-refractivity contribution is 5.41. The van der Waals surface area contributed by atoms with E-state index in [4.69, 9.17) is 9.47 Å². The lowest BCUT2D eigenvalue weighted by Gasteiger charge is -2.26. The first-order valence-corrected chi connectivity index (χ1v) is 8.03. The van der Waals surface area contributed by atoms with E-state index in [0.29, 0.717) is 13.0 Å². The van der Waals surface area contributed by atoms with Crippen molar-refractivity contribution in [2.75, 3.05) is 13.7 Å². The summed E-state index contributed by atoms with van der Waals surface area (Å²) in [7, 11) is 1.67. The van der Waals surface area contributed by atoms with Gasteiger partial charge in [0.05, 0.1) is 13.2 Å². The predicted octanol–water partition coefficient (Wildman–Crippen LogP) is 4.81. The maximum absolute atomic E-state index is 9.56. The summed E-state index contributed by atoms with van der Waals surface area (Å²) < 4.78 is 10.8. The summed E-state index contributed by atoms with van der Waals surface area (Å²) in [5, 5.41) is 9.56. The fourth-order valence-corrected chi connectivity index (χ4v) is 2.45. The SMILES string of the molecule is C.CCC(O)COc1ccc(C(C)(C)c2ccc(OC)cc2)cc1. The minimum Gasteiger partial charge on any atom is -0.497 e. The van der Waals surface area contributed by atoms with Crippen LogP contribution in [0.1, 0.15) is 45.7 Å². The molecule has 0 aromatic heterocycles. The summed E-state index contributed by atoms with van der Waals surface area (Å²) in [6.45, 7) is 6.67. The third-order valence-electron chi connectivity index (χ3n) is 4.30. The molecule has 0 aliphatic carbocycles. The molecule has 0 fully saturated rings. The van der Waals surface area contributed by atoms with Gasteiger partial charge in [-0.25, -0.2) is 0 Å². The number of aliphatic hydroxyl groups excluding tert-OH is 1. The number of hydrogen-bond donors (Lipinski definition) is 1. The first kappa shape index (κ1) is 20.0. The zero-order valence-electron chi connectivity index (χ0n) is 14.4. The summed E-state index contributed by atoms with van der Waals surface area (Å²) in [6.07, 6.45) is 0.285. The van der Waals surface area contributed by atoms with Gasteiger partial charge in [0.1, 0.15) is 18.1 Å². The monoisotopic (exact) mass is 330 g/mol. The lowest BCUT2D eigenvalue weighted by atomic mass is 9.78. The minimum atomic E-state index is -0.412. The Bertz CT molecular complexity index is 600. The molecule has 1 atom stereocenters. The van der Waals surface area contributed by atoms with Crippen LogP contribution in [0.25, 0.3) is 0 Å². The lowest BCUT2D eigenvalue weighted by molar-refractivity contribution is 0.104. The molecule has 0 aliphatic heterocycles. The average molecular weight is 330 g/mol. The molecule has 3 nitrogen and oxygen atoms in total. The lowest BCUT2D eigenvalue weighted by Crippen LogP contribution is -2.19. The van der Waals surface area contributed by atoms with E-state index in [9.17, 15) is 5.11 Å². The molecule has 0 spiro atoms. The molecule has 1 N–H and O–H groups in total. The van der Waals surface area contributed by atoms with Gasteiger partial charge in [0.25, 0.3) is 0 Å². The Morgan fingerprint density at radius 2 is 1.38 bits per heavy atom. The molecule has 0 amide bonds. The zero-order chi connectivity index (χ0) is 16.9. The van der Waals surface area contributed by atoms with E-state index in [2.05, 4.69) is 38.1 Å². The number of benzene rings is 2. The highest BCUT2D eigenvalue weighted by atomic mass is 16.5. The van der Waals surface area contributed by atoms with Gasteiger partial charge in [-0.2, -0.15) is 0 Å². The molecule has 1 unspecified atom stereocenters. The zero-order valence-corrected chi connectivity index (χ0v) is 14.4. The van der Waals surface area contributed by atoms with Crippen molar-refractivity contribution in [1.29, 1.82) is 0 Å². The van der Waals surface area contributed by atoms with Gasteiger partial charge in [-0.1, -0.05) is 52.5 Å². The van der Waals surface area contributed by atoms with E-state index in [0.717, 1.165) is 11.5 Å². The molecule has 24 heavy (non-hydrogen) atoms. The van der Waals surface area contributed by atoms with Crippen LogP contribution in [0.5, 0.6) is 11.5 Å². The van der Waals surface area contributed by atoms with Crippen LogP contribution < -0.4 is 9.47 Å². The van der Waals surface area contributed by atoms with Gasteiger partial charge in [0.2, 0.25) is 0 Å². The molecule has 0 aliphatic rings. The molecule has 2 aromatic rings. The summed E-state index contributed by atoms with van der Waals surface area (Å²) in [4.78, 5) is 0. The Hall–Kier alpha value is -2.00. The number of ether oxygens (including phenoxy) is 2. The first-order chi connectivity index (χ1) is 11.0. The summed E-state index contributed by atoms with van der Waals surface area (Å²) in [5.74, 6) is 1.65. The van der Waals surface area contributed by atoms with Crippen LogP contribution >= 0.6 is 0 Å². The van der Waals surface area contributed by atoms with E-state index < -0.39 is 6.10 Å². The molecular formula is C21H30O3. The summed E-state index contributed by atoms with van der Waals surface area (Å²) >= 11 is 0. The molecule has 3 heteroatoms. The van der Waals surface area contributed by atoms with Gasteiger partial charge < -0.3 is 14.6 Å². The second kappa shape index (κ2) is 8.74. The van der Waals surface area contributed by atoms with Crippen molar-refractivity contribution in [3.63, 3.8) is 0 Å². The van der Waals surface area contributed by atoms with Gasteiger partial charge in [-0.15, -0.1) is 0 Å². The van der Waals surface area contributed by atoms with Gasteiger partial charge in [0.15, 0.2) is 0 Å². The molecule has 0 heterocycles. The van der Waals surface area contributed by atoms with Crippen LogP contribution in [0.15, 0.2) is 48.5 Å². The highest BCUT2D eigenvalue weighted by Crippen LogP contribution is 2.33. The van der Waals surface area contributed by atoms with Crippen LogP contribution in [0.2, 0.25) is 0 Å². The second-order valence-electron chi connectivity index (χ2n) is 6.25. The van der Waals surface area contributed by atoms with Crippen molar-refractivity contribution < 1.29 is 14.6 Å². The fraction of sp³-hybridized carbons (Fsp3) is 0.429. The number of methoxy groups -OCH3 is 1. The Kier molecular flexibility index (Phi) is 7.30. The van der Waals surface area contributed by atoms with Crippen molar-refractivity contribution in [3.8, 4) is 11.5 Å². The van der Waals surface area contributed by atoms with Gasteiger partial charge in [0, 0.05) is 5.41 Å². The Morgan fingerprint density at radius 1 is 0.917 bits per heavy atom. The standard InChI is InChI=1S/C20H26O3.CH4/c1-5-17(21)14-23-19-12-8-16(9-13-19)20(2,3)15-6-10-18(22-4)11-7-15;/h6-13,17,21H,5,14H2,1-4H3;1H4. The van der Waals surface area contributed by atoms with Crippen LogP contribution in [-0.4, -0.2) is 24.9 Å². The van der Waals surface area contributed by atoms with E-state index in [1.165, 1.54) is 11.1 Å². The maximum atomic E-state index is 9.56. The highest BCUT2D eigenvalue weighted by Gasteiger charge is 2.23. The van der Waals surface area contributed by atoms with E-state index in [-0.39, 0.29) is 12.8 Å². The van der Waals surface area contributed by atoms with Gasteiger partial charge >= 0.3 is 0 Å². The molecule has 0 saturated heterocycles. The Morgan fingerprint density at radius 3 is 1.79 bits per heavy atom. The molecule has 132 valence electrons. The molecular weight excluding hydrogens is 300 g/mol. The minimum absolute atomic E-state index is 0. The van der Waals surface area contributed by atoms with Gasteiger partial charge in [-0.3, -0.25) is 0 Å². The average Bonchev–Trinajstić information content (AvgIpc) is 2.60. The second-order valence-corrected chi connectivity index (χ2v) is 6.25. The topological polar surface area (TPSA) is 38.7 Å². The van der Waals surface area contributed by atoms with Crippen LogP contribution in [0, 0.1) is 0 Å². The Balaban J connectivity index is 0.00000288. The van der Waals surface area contributed by atoms with Crippen molar-refractivity contribution >= 4 is 0 Å². The summed E-state index contributed by atoms with van der Waals surface area (Å²) in [6, 6.07) is 16.3. The number of rotatable bonds is 7. The maximum Gasteiger partial charge on any atom is 0.119 e. The third kappa shape index (κ3) is 4.75. The number of aliphatic hydroxyl groups is 1. The van der Waals surface area contributed by atoms with E-state index in [1.54, 1.807) is 7.11 Å². The fourth-order valence-electron chi connectivity index (χ4n) is 2.45. The van der Waals surface area contributed by atoms with Crippen molar-refractivity contribution in [3.05, 3.63) is 59.7 Å². The van der Waals surface area contributed by atoms with Crippen LogP contribution in [0.4, 0.5) is 0 Å². The number of hydrogen-bond acceptors (Lipinski definition) is 3.